The van der Waals surface area contributed by atoms with Gasteiger partial charge in [-0.25, -0.2) is 4.98 Å². The van der Waals surface area contributed by atoms with E-state index in [1.54, 1.807) is 30.6 Å². The van der Waals surface area contributed by atoms with Gasteiger partial charge in [-0.05, 0) is 42.0 Å². The number of nitrogens with zero attached hydrogens (tertiary/aromatic N) is 3. The van der Waals surface area contributed by atoms with E-state index in [2.05, 4.69) is 15.1 Å². The van der Waals surface area contributed by atoms with E-state index >= 15 is 0 Å². The number of pyridine rings is 2. The molecular weight excluding hydrogens is 376 g/mol. The van der Waals surface area contributed by atoms with Gasteiger partial charge in [0.25, 0.3) is 0 Å². The molecule has 0 fully saturated rings. The van der Waals surface area contributed by atoms with Crippen molar-refractivity contribution < 1.29 is 9.26 Å². The first-order valence-electron chi connectivity index (χ1n) is 8.65. The minimum absolute atomic E-state index is 0.363. The minimum Gasteiger partial charge on any atom is -0.487 e. The van der Waals surface area contributed by atoms with Crippen molar-refractivity contribution in [1.29, 1.82) is 0 Å². The predicted molar refractivity (Wildman–Crippen MR) is 107 cm³/mol. The molecule has 0 spiro atoms. The highest BCUT2D eigenvalue weighted by molar-refractivity contribution is 6.30. The second-order valence-corrected chi connectivity index (χ2v) is 6.67. The molecular formula is C21H17ClN4O2. The number of nitrogens with two attached hydrogens (primary N) is 1. The van der Waals surface area contributed by atoms with E-state index in [0.29, 0.717) is 29.6 Å². The Balaban J connectivity index is 1.37. The third kappa shape index (κ3) is 4.47. The molecule has 1 aromatic carbocycles. The summed E-state index contributed by atoms with van der Waals surface area (Å²) in [6.45, 7) is 0.363. The summed E-state index contributed by atoms with van der Waals surface area (Å²) in [6, 6.07) is 16.9. The van der Waals surface area contributed by atoms with Crippen LogP contribution in [0.5, 0.6) is 5.75 Å². The van der Waals surface area contributed by atoms with E-state index in [-0.39, 0.29) is 0 Å². The largest absolute Gasteiger partial charge is 0.487 e. The fourth-order valence-electron chi connectivity index (χ4n) is 2.68. The molecule has 4 rings (SSSR count). The Bertz CT molecular complexity index is 1060. The molecule has 140 valence electrons. The molecule has 0 aliphatic carbocycles. The number of benzene rings is 1. The van der Waals surface area contributed by atoms with Crippen molar-refractivity contribution in [2.75, 3.05) is 5.73 Å². The fourth-order valence-corrected chi connectivity index (χ4v) is 2.86. The zero-order chi connectivity index (χ0) is 19.3. The molecule has 7 heteroatoms. The van der Waals surface area contributed by atoms with E-state index in [9.17, 15) is 0 Å². The summed E-state index contributed by atoms with van der Waals surface area (Å²) in [6.07, 6.45) is 3.99. The van der Waals surface area contributed by atoms with Crippen LogP contribution in [-0.4, -0.2) is 15.1 Å². The second-order valence-electron chi connectivity index (χ2n) is 6.23. The molecule has 0 atom stereocenters. The highest BCUT2D eigenvalue weighted by Crippen LogP contribution is 2.22. The van der Waals surface area contributed by atoms with Crippen LogP contribution in [0, 0.1) is 0 Å². The number of aromatic nitrogens is 3. The molecule has 0 bridgehead atoms. The normalized spacial score (nSPS) is 10.8. The van der Waals surface area contributed by atoms with E-state index in [4.69, 9.17) is 26.6 Å². The Morgan fingerprint density at radius 2 is 1.82 bits per heavy atom. The summed E-state index contributed by atoms with van der Waals surface area (Å²) in [4.78, 5) is 8.29. The van der Waals surface area contributed by atoms with Gasteiger partial charge in [-0.15, -0.1) is 0 Å². The summed E-state index contributed by atoms with van der Waals surface area (Å²) < 4.78 is 11.2. The standard InChI is InChI=1S/C21H17ClN4O2/c22-16-7-8-24-18(10-16)13-27-19-4-1-14(2-5-19)9-17-11-20(28-26-17)15-3-6-21(23)25-12-15/h1-8,10-12H,9,13H2,(H2,23,25). The SMILES string of the molecule is Nc1ccc(-c2cc(Cc3ccc(OCc4cc(Cl)ccn4)cc3)no2)cn1. The van der Waals surface area contributed by atoms with E-state index in [1.807, 2.05) is 36.4 Å². The third-order valence-corrected chi connectivity index (χ3v) is 4.34. The van der Waals surface area contributed by atoms with Crippen LogP contribution in [0.3, 0.4) is 0 Å². The number of hydrogen-bond donors (Lipinski definition) is 1. The van der Waals surface area contributed by atoms with Crippen LogP contribution in [0.4, 0.5) is 5.82 Å². The van der Waals surface area contributed by atoms with Crippen molar-refractivity contribution in [2.24, 2.45) is 0 Å². The van der Waals surface area contributed by atoms with Gasteiger partial charge in [0.2, 0.25) is 0 Å². The van der Waals surface area contributed by atoms with Crippen LogP contribution in [0.2, 0.25) is 5.02 Å². The Morgan fingerprint density at radius 3 is 2.57 bits per heavy atom. The van der Waals surface area contributed by atoms with Crippen LogP contribution in [-0.2, 0) is 13.0 Å². The highest BCUT2D eigenvalue weighted by Gasteiger charge is 2.08. The molecule has 4 aromatic rings. The van der Waals surface area contributed by atoms with Gasteiger partial charge in [-0.2, -0.15) is 0 Å². The third-order valence-electron chi connectivity index (χ3n) is 4.10. The van der Waals surface area contributed by atoms with E-state index in [1.165, 1.54) is 0 Å². The van der Waals surface area contributed by atoms with Gasteiger partial charge in [0.1, 0.15) is 18.2 Å². The quantitative estimate of drug-likeness (QED) is 0.518. The molecule has 0 amide bonds. The molecule has 2 N–H and O–H groups in total. The zero-order valence-corrected chi connectivity index (χ0v) is 15.6. The summed E-state index contributed by atoms with van der Waals surface area (Å²) in [5, 5.41) is 4.78. The molecule has 0 radical (unpaired) electrons. The maximum atomic E-state index is 5.95. The fraction of sp³-hybridized carbons (Fsp3) is 0.0952. The van der Waals surface area contributed by atoms with Crippen LogP contribution >= 0.6 is 11.6 Å². The van der Waals surface area contributed by atoms with Crippen LogP contribution in [0.25, 0.3) is 11.3 Å². The Morgan fingerprint density at radius 1 is 0.964 bits per heavy atom. The molecule has 28 heavy (non-hydrogen) atoms. The van der Waals surface area contributed by atoms with Gasteiger partial charge in [0.05, 0.1) is 11.4 Å². The monoisotopic (exact) mass is 392 g/mol. The van der Waals surface area contributed by atoms with Crippen molar-refractivity contribution in [2.45, 2.75) is 13.0 Å². The van der Waals surface area contributed by atoms with Gasteiger partial charge in [0.15, 0.2) is 5.76 Å². The number of ether oxygens (including phenoxy) is 1. The number of nitrogen functional groups attached to an aromatic ring is 1. The molecule has 3 heterocycles. The lowest BCUT2D eigenvalue weighted by molar-refractivity contribution is 0.301. The maximum Gasteiger partial charge on any atom is 0.168 e. The number of halogens is 1. The first kappa shape index (κ1) is 18.0. The lowest BCUT2D eigenvalue weighted by atomic mass is 10.1. The molecule has 0 saturated heterocycles. The average molecular weight is 393 g/mol. The summed E-state index contributed by atoms with van der Waals surface area (Å²) in [7, 11) is 0. The van der Waals surface area contributed by atoms with Crippen molar-refractivity contribution in [1.82, 2.24) is 15.1 Å². The van der Waals surface area contributed by atoms with Gasteiger partial charge >= 0.3 is 0 Å². The van der Waals surface area contributed by atoms with Gasteiger partial charge in [-0.1, -0.05) is 28.9 Å². The first-order valence-corrected chi connectivity index (χ1v) is 9.03. The zero-order valence-electron chi connectivity index (χ0n) is 14.9. The van der Waals surface area contributed by atoms with Crippen molar-refractivity contribution >= 4 is 17.4 Å². The molecule has 0 aliphatic heterocycles. The molecule has 0 aliphatic rings. The Kier molecular flexibility index (Phi) is 5.21. The van der Waals surface area contributed by atoms with Crippen LogP contribution in [0.15, 0.2) is 71.5 Å². The van der Waals surface area contributed by atoms with Crippen molar-refractivity contribution in [3.63, 3.8) is 0 Å². The topological polar surface area (TPSA) is 87.1 Å². The Labute approximate surface area is 166 Å². The number of anilines is 1. The second kappa shape index (κ2) is 8.10. The smallest absolute Gasteiger partial charge is 0.168 e. The average Bonchev–Trinajstić information content (AvgIpc) is 3.16. The van der Waals surface area contributed by atoms with Crippen LogP contribution in [0.1, 0.15) is 17.0 Å². The minimum atomic E-state index is 0.363. The lowest BCUT2D eigenvalue weighted by Gasteiger charge is -2.06. The highest BCUT2D eigenvalue weighted by atomic mass is 35.5. The predicted octanol–water partition coefficient (Wildman–Crippen LogP) is 4.54. The summed E-state index contributed by atoms with van der Waals surface area (Å²) in [5.74, 6) is 1.90. The van der Waals surface area contributed by atoms with Gasteiger partial charge in [0, 0.05) is 35.5 Å². The Hall–Kier alpha value is -3.38. The van der Waals surface area contributed by atoms with E-state index < -0.39 is 0 Å². The number of hydrogen-bond acceptors (Lipinski definition) is 6. The molecule has 0 saturated carbocycles. The first-order chi connectivity index (χ1) is 13.7. The van der Waals surface area contributed by atoms with Gasteiger partial charge in [-0.3, -0.25) is 4.98 Å². The van der Waals surface area contributed by atoms with E-state index in [0.717, 1.165) is 28.3 Å². The maximum absolute atomic E-state index is 5.95. The van der Waals surface area contributed by atoms with Crippen molar-refractivity contribution in [3.05, 3.63) is 89.0 Å². The number of rotatable bonds is 6. The van der Waals surface area contributed by atoms with Crippen molar-refractivity contribution in [3.8, 4) is 17.1 Å². The van der Waals surface area contributed by atoms with Crippen LogP contribution < -0.4 is 10.5 Å². The molecule has 3 aromatic heterocycles. The molecule has 6 nitrogen and oxygen atoms in total. The summed E-state index contributed by atoms with van der Waals surface area (Å²) >= 11 is 5.95. The van der Waals surface area contributed by atoms with Gasteiger partial charge < -0.3 is 15.0 Å². The summed E-state index contributed by atoms with van der Waals surface area (Å²) in [5.41, 5.74) is 9.17. The lowest BCUT2D eigenvalue weighted by Crippen LogP contribution is -1.98. The molecule has 0 unspecified atom stereocenters.